The molecule has 0 saturated carbocycles. The molecule has 6 nitrogen and oxygen atoms in total. The highest BCUT2D eigenvalue weighted by molar-refractivity contribution is 5.78. The van der Waals surface area contributed by atoms with Crippen LogP contribution in [0.3, 0.4) is 0 Å². The molecule has 0 unspecified atom stereocenters. The zero-order chi connectivity index (χ0) is 20.8. The summed E-state index contributed by atoms with van der Waals surface area (Å²) in [4.78, 5) is 17.0. The third-order valence-electron chi connectivity index (χ3n) is 5.63. The number of piperazine rings is 1. The number of carbonyl (C=O) groups is 1. The van der Waals surface area contributed by atoms with E-state index >= 15 is 0 Å². The molecule has 0 atom stereocenters. The Bertz CT molecular complexity index is 960. The van der Waals surface area contributed by atoms with Crippen LogP contribution in [0, 0.1) is 6.92 Å². The Balaban J connectivity index is 1.20. The average molecular weight is 404 g/mol. The number of aryl methyl sites for hydroxylation is 1. The molecule has 1 aromatic heterocycles. The molecule has 30 heavy (non-hydrogen) atoms. The smallest absolute Gasteiger partial charge is 0.234 e. The van der Waals surface area contributed by atoms with Crippen molar-refractivity contribution in [2.45, 2.75) is 20.0 Å². The Kier molecular flexibility index (Phi) is 6.57. The van der Waals surface area contributed by atoms with Crippen molar-refractivity contribution in [2.24, 2.45) is 0 Å². The summed E-state index contributed by atoms with van der Waals surface area (Å²) in [7, 11) is 0. The summed E-state index contributed by atoms with van der Waals surface area (Å²) in [6, 6.07) is 18.3. The lowest BCUT2D eigenvalue weighted by Gasteiger charge is -2.34. The fourth-order valence-corrected chi connectivity index (χ4v) is 3.79. The molecule has 1 saturated heterocycles. The van der Waals surface area contributed by atoms with Gasteiger partial charge in [0.25, 0.3) is 0 Å². The van der Waals surface area contributed by atoms with Gasteiger partial charge in [0, 0.05) is 51.0 Å². The molecule has 1 aliphatic heterocycles. The Hall–Kier alpha value is -2.96. The van der Waals surface area contributed by atoms with Crippen LogP contribution in [-0.2, 0) is 17.9 Å². The number of benzene rings is 2. The number of hydrogen-bond acceptors (Lipinski definition) is 4. The molecule has 0 bridgehead atoms. The van der Waals surface area contributed by atoms with Crippen molar-refractivity contribution in [1.29, 1.82) is 0 Å². The molecule has 1 fully saturated rings. The first-order valence-corrected chi connectivity index (χ1v) is 10.5. The fraction of sp³-hybridized carbons (Fsp3) is 0.333. The second kappa shape index (κ2) is 9.69. The zero-order valence-electron chi connectivity index (χ0n) is 17.5. The third kappa shape index (κ3) is 5.34. The Labute approximate surface area is 178 Å². The molecule has 1 aliphatic rings. The minimum absolute atomic E-state index is 0.0934. The van der Waals surface area contributed by atoms with E-state index in [1.807, 2.05) is 41.2 Å². The van der Waals surface area contributed by atoms with Crippen LogP contribution in [0.2, 0.25) is 0 Å². The van der Waals surface area contributed by atoms with Crippen LogP contribution in [0.4, 0.5) is 0 Å². The number of aromatic nitrogens is 2. The zero-order valence-corrected chi connectivity index (χ0v) is 17.5. The summed E-state index contributed by atoms with van der Waals surface area (Å²) in [5.41, 5.74) is 4.67. The number of rotatable bonds is 7. The van der Waals surface area contributed by atoms with Gasteiger partial charge in [0.05, 0.1) is 18.4 Å². The monoisotopic (exact) mass is 403 g/mol. The lowest BCUT2D eigenvalue weighted by atomic mass is 10.1. The van der Waals surface area contributed by atoms with Gasteiger partial charge in [-0.1, -0.05) is 42.5 Å². The van der Waals surface area contributed by atoms with Crippen LogP contribution in [-0.4, -0.2) is 58.2 Å². The van der Waals surface area contributed by atoms with Gasteiger partial charge >= 0.3 is 0 Å². The van der Waals surface area contributed by atoms with Gasteiger partial charge in [-0.15, -0.1) is 0 Å². The first kappa shape index (κ1) is 20.3. The Morgan fingerprint density at radius 1 is 0.967 bits per heavy atom. The molecule has 6 heteroatoms. The number of para-hydroxylation sites is 1. The first-order valence-electron chi connectivity index (χ1n) is 10.5. The maximum Gasteiger partial charge on any atom is 0.234 e. The second-order valence-corrected chi connectivity index (χ2v) is 7.88. The van der Waals surface area contributed by atoms with Crippen LogP contribution in [0.1, 0.15) is 16.7 Å². The maximum atomic E-state index is 12.3. The Morgan fingerprint density at radius 3 is 2.43 bits per heavy atom. The summed E-state index contributed by atoms with van der Waals surface area (Å²) < 4.78 is 1.92. The topological polar surface area (TPSA) is 53.4 Å². The van der Waals surface area contributed by atoms with Gasteiger partial charge in [0.1, 0.15) is 0 Å². The van der Waals surface area contributed by atoms with E-state index in [1.165, 1.54) is 16.7 Å². The van der Waals surface area contributed by atoms with Crippen molar-refractivity contribution >= 4 is 5.91 Å². The normalized spacial score (nSPS) is 15.2. The molecule has 1 N–H and O–H groups in total. The molecular weight excluding hydrogens is 374 g/mol. The second-order valence-electron chi connectivity index (χ2n) is 7.88. The van der Waals surface area contributed by atoms with Crippen molar-refractivity contribution < 1.29 is 4.79 Å². The number of carbonyl (C=O) groups excluding carboxylic acids is 1. The minimum atomic E-state index is 0.0934. The van der Waals surface area contributed by atoms with Gasteiger partial charge in [-0.25, -0.2) is 4.68 Å². The minimum Gasteiger partial charge on any atom is -0.351 e. The van der Waals surface area contributed by atoms with E-state index < -0.39 is 0 Å². The molecular formula is C24H29N5O. The van der Waals surface area contributed by atoms with Crippen molar-refractivity contribution in [2.75, 3.05) is 32.7 Å². The third-order valence-corrected chi connectivity index (χ3v) is 5.63. The van der Waals surface area contributed by atoms with Gasteiger partial charge in [-0.3, -0.25) is 14.6 Å². The standard InChI is InChI=1S/C24H29N5O/c1-20-7-5-6-8-22(20)16-25-24(30)19-28-13-11-27(12-14-28)17-21-15-26-29(18-21)23-9-3-2-4-10-23/h2-10,15,18H,11-14,16-17,19H2,1H3,(H,25,30). The van der Waals surface area contributed by atoms with Crippen molar-refractivity contribution in [3.63, 3.8) is 0 Å². The summed E-state index contributed by atoms with van der Waals surface area (Å²) in [5, 5.41) is 7.54. The lowest BCUT2D eigenvalue weighted by molar-refractivity contribution is -0.122. The SMILES string of the molecule is Cc1ccccc1CNC(=O)CN1CCN(Cc2cnn(-c3ccccc3)c2)CC1. The highest BCUT2D eigenvalue weighted by Crippen LogP contribution is 2.12. The molecule has 4 rings (SSSR count). The first-order chi connectivity index (χ1) is 14.7. The molecule has 2 aromatic carbocycles. The number of nitrogens with one attached hydrogen (secondary N) is 1. The largest absolute Gasteiger partial charge is 0.351 e. The predicted molar refractivity (Wildman–Crippen MR) is 118 cm³/mol. The number of nitrogens with zero attached hydrogens (tertiary/aromatic N) is 4. The van der Waals surface area contributed by atoms with Gasteiger partial charge < -0.3 is 5.32 Å². The van der Waals surface area contributed by atoms with E-state index in [-0.39, 0.29) is 5.91 Å². The highest BCUT2D eigenvalue weighted by atomic mass is 16.2. The number of hydrogen-bond donors (Lipinski definition) is 1. The summed E-state index contributed by atoms with van der Waals surface area (Å²) in [5.74, 6) is 0.0934. The molecule has 1 amide bonds. The van der Waals surface area contributed by atoms with E-state index in [4.69, 9.17) is 0 Å². The fourth-order valence-electron chi connectivity index (χ4n) is 3.79. The predicted octanol–water partition coefficient (Wildman–Crippen LogP) is 2.61. The molecule has 156 valence electrons. The lowest BCUT2D eigenvalue weighted by Crippen LogP contribution is -2.49. The summed E-state index contributed by atoms with van der Waals surface area (Å²) >= 11 is 0. The van der Waals surface area contributed by atoms with Crippen LogP contribution in [0.15, 0.2) is 67.0 Å². The molecule has 0 spiro atoms. The van der Waals surface area contributed by atoms with Crippen LogP contribution >= 0.6 is 0 Å². The average Bonchev–Trinajstić information content (AvgIpc) is 3.24. The quantitative estimate of drug-likeness (QED) is 0.659. The Morgan fingerprint density at radius 2 is 1.67 bits per heavy atom. The molecule has 2 heterocycles. The van der Waals surface area contributed by atoms with Gasteiger partial charge in [-0.05, 0) is 30.2 Å². The maximum absolute atomic E-state index is 12.3. The summed E-state index contributed by atoms with van der Waals surface area (Å²) in [6.07, 6.45) is 4.04. The summed E-state index contributed by atoms with van der Waals surface area (Å²) in [6.45, 7) is 7.76. The molecule has 0 aliphatic carbocycles. The van der Waals surface area contributed by atoms with Crippen LogP contribution in [0.25, 0.3) is 5.69 Å². The molecule has 0 radical (unpaired) electrons. The van der Waals surface area contributed by atoms with E-state index in [1.54, 1.807) is 0 Å². The van der Waals surface area contributed by atoms with E-state index in [9.17, 15) is 4.79 Å². The van der Waals surface area contributed by atoms with E-state index in [0.717, 1.165) is 38.4 Å². The highest BCUT2D eigenvalue weighted by Gasteiger charge is 2.19. The molecule has 3 aromatic rings. The van der Waals surface area contributed by atoms with Gasteiger partial charge in [0.2, 0.25) is 5.91 Å². The van der Waals surface area contributed by atoms with Crippen molar-refractivity contribution in [3.05, 3.63) is 83.7 Å². The van der Waals surface area contributed by atoms with Crippen molar-refractivity contribution in [3.8, 4) is 5.69 Å². The van der Waals surface area contributed by atoms with Crippen molar-refractivity contribution in [1.82, 2.24) is 24.9 Å². The van der Waals surface area contributed by atoms with Gasteiger partial charge in [-0.2, -0.15) is 5.10 Å². The van der Waals surface area contributed by atoms with E-state index in [2.05, 4.69) is 57.6 Å². The van der Waals surface area contributed by atoms with Crippen LogP contribution < -0.4 is 5.32 Å². The number of amides is 1. The van der Waals surface area contributed by atoms with Crippen LogP contribution in [0.5, 0.6) is 0 Å². The van der Waals surface area contributed by atoms with Gasteiger partial charge in [0.15, 0.2) is 0 Å². The van der Waals surface area contributed by atoms with E-state index in [0.29, 0.717) is 13.1 Å².